The van der Waals surface area contributed by atoms with Crippen LogP contribution in [0.25, 0.3) is 0 Å². The van der Waals surface area contributed by atoms with E-state index < -0.39 is 0 Å². The van der Waals surface area contributed by atoms with Crippen molar-refractivity contribution in [1.29, 1.82) is 0 Å². The van der Waals surface area contributed by atoms with Crippen molar-refractivity contribution in [3.8, 4) is 5.75 Å². The van der Waals surface area contributed by atoms with Crippen LogP contribution in [0.5, 0.6) is 5.75 Å². The van der Waals surface area contributed by atoms with Gasteiger partial charge in [-0.25, -0.2) is 0 Å². The largest absolute Gasteiger partial charge is 0.496 e. The molecule has 2 nitrogen and oxygen atoms in total. The molecule has 0 saturated heterocycles. The standard InChI is InChI=1S/C18H27NO/c1-13-15-9-5-4-8-14(15)12-16(20-2)17(13)18(19)10-6-3-7-11-18/h12H,3-11,19H2,1-2H3. The van der Waals surface area contributed by atoms with Gasteiger partial charge in [-0.15, -0.1) is 0 Å². The molecule has 0 bridgehead atoms. The summed E-state index contributed by atoms with van der Waals surface area (Å²) in [4.78, 5) is 0. The molecule has 0 aliphatic heterocycles. The van der Waals surface area contributed by atoms with Gasteiger partial charge in [0, 0.05) is 11.1 Å². The van der Waals surface area contributed by atoms with E-state index in [0.29, 0.717) is 0 Å². The Hall–Kier alpha value is -1.02. The van der Waals surface area contributed by atoms with Gasteiger partial charge in [-0.2, -0.15) is 0 Å². The van der Waals surface area contributed by atoms with Crippen molar-refractivity contribution in [1.82, 2.24) is 0 Å². The van der Waals surface area contributed by atoms with E-state index in [4.69, 9.17) is 10.5 Å². The van der Waals surface area contributed by atoms with Crippen molar-refractivity contribution in [2.24, 2.45) is 5.73 Å². The second-order valence-electron chi connectivity index (χ2n) is 6.64. The van der Waals surface area contributed by atoms with Crippen LogP contribution in [0.15, 0.2) is 6.07 Å². The van der Waals surface area contributed by atoms with Gasteiger partial charge >= 0.3 is 0 Å². The molecule has 2 aliphatic rings. The van der Waals surface area contributed by atoms with E-state index in [2.05, 4.69) is 13.0 Å². The number of rotatable bonds is 2. The number of nitrogens with two attached hydrogens (primary N) is 1. The second-order valence-corrected chi connectivity index (χ2v) is 6.64. The highest BCUT2D eigenvalue weighted by Gasteiger charge is 2.35. The molecule has 110 valence electrons. The summed E-state index contributed by atoms with van der Waals surface area (Å²) in [6, 6.07) is 2.28. The number of hydrogen-bond donors (Lipinski definition) is 1. The quantitative estimate of drug-likeness (QED) is 0.884. The fourth-order valence-corrected chi connectivity index (χ4v) is 4.29. The third-order valence-corrected chi connectivity index (χ3v) is 5.35. The zero-order valence-electron chi connectivity index (χ0n) is 12.9. The van der Waals surface area contributed by atoms with E-state index in [0.717, 1.165) is 18.6 Å². The van der Waals surface area contributed by atoms with Crippen LogP contribution >= 0.6 is 0 Å². The molecular weight excluding hydrogens is 246 g/mol. The summed E-state index contributed by atoms with van der Waals surface area (Å²) in [5.41, 5.74) is 12.4. The number of fused-ring (bicyclic) bond motifs is 1. The van der Waals surface area contributed by atoms with Crippen molar-refractivity contribution in [3.63, 3.8) is 0 Å². The molecule has 0 amide bonds. The lowest BCUT2D eigenvalue weighted by atomic mass is 9.73. The second kappa shape index (κ2) is 5.40. The molecule has 3 rings (SSSR count). The van der Waals surface area contributed by atoms with E-state index in [1.165, 1.54) is 61.6 Å². The minimum atomic E-state index is -0.167. The molecule has 1 aromatic carbocycles. The van der Waals surface area contributed by atoms with Crippen LogP contribution in [-0.4, -0.2) is 7.11 Å². The minimum absolute atomic E-state index is 0.167. The SMILES string of the molecule is COc1cc2c(c(C)c1C1(N)CCCCC1)CCCC2. The monoisotopic (exact) mass is 273 g/mol. The topological polar surface area (TPSA) is 35.2 Å². The fourth-order valence-electron chi connectivity index (χ4n) is 4.29. The Balaban J connectivity index is 2.13. The van der Waals surface area contributed by atoms with Gasteiger partial charge in [0.2, 0.25) is 0 Å². The highest BCUT2D eigenvalue weighted by atomic mass is 16.5. The molecule has 2 heteroatoms. The maximum absolute atomic E-state index is 6.81. The van der Waals surface area contributed by atoms with Crippen molar-refractivity contribution < 1.29 is 4.74 Å². The Morgan fingerprint density at radius 2 is 1.75 bits per heavy atom. The zero-order chi connectivity index (χ0) is 14.2. The van der Waals surface area contributed by atoms with Gasteiger partial charge < -0.3 is 10.5 Å². The van der Waals surface area contributed by atoms with E-state index in [1.54, 1.807) is 12.7 Å². The minimum Gasteiger partial charge on any atom is -0.496 e. The van der Waals surface area contributed by atoms with Crippen LogP contribution in [0.3, 0.4) is 0 Å². The predicted molar refractivity (Wildman–Crippen MR) is 83.3 cm³/mol. The summed E-state index contributed by atoms with van der Waals surface area (Å²) in [5, 5.41) is 0. The normalized spacial score (nSPS) is 21.4. The Morgan fingerprint density at radius 3 is 2.45 bits per heavy atom. The highest BCUT2D eigenvalue weighted by Crippen LogP contribution is 2.44. The van der Waals surface area contributed by atoms with Gasteiger partial charge in [0.25, 0.3) is 0 Å². The van der Waals surface area contributed by atoms with Gasteiger partial charge in [-0.3, -0.25) is 0 Å². The van der Waals surface area contributed by atoms with Crippen molar-refractivity contribution in [3.05, 3.63) is 28.3 Å². The molecule has 1 fully saturated rings. The lowest BCUT2D eigenvalue weighted by molar-refractivity contribution is 0.287. The van der Waals surface area contributed by atoms with Crippen molar-refractivity contribution >= 4 is 0 Å². The summed E-state index contributed by atoms with van der Waals surface area (Å²) in [6.45, 7) is 2.27. The summed E-state index contributed by atoms with van der Waals surface area (Å²) < 4.78 is 5.73. The maximum Gasteiger partial charge on any atom is 0.124 e. The fraction of sp³-hybridized carbons (Fsp3) is 0.667. The maximum atomic E-state index is 6.81. The van der Waals surface area contributed by atoms with Gasteiger partial charge in [-0.05, 0) is 68.2 Å². The zero-order valence-corrected chi connectivity index (χ0v) is 12.9. The molecule has 2 aliphatic carbocycles. The average Bonchev–Trinajstić information content (AvgIpc) is 2.47. The van der Waals surface area contributed by atoms with Crippen molar-refractivity contribution in [2.45, 2.75) is 70.3 Å². The Morgan fingerprint density at radius 1 is 1.05 bits per heavy atom. The lowest BCUT2D eigenvalue weighted by Crippen LogP contribution is -2.40. The van der Waals surface area contributed by atoms with E-state index >= 15 is 0 Å². The first-order valence-electron chi connectivity index (χ1n) is 8.14. The Kier molecular flexibility index (Phi) is 3.76. The van der Waals surface area contributed by atoms with Crippen LogP contribution in [0.1, 0.15) is 67.2 Å². The molecule has 1 saturated carbocycles. The van der Waals surface area contributed by atoms with Crippen LogP contribution in [0, 0.1) is 6.92 Å². The average molecular weight is 273 g/mol. The number of aryl methyl sites for hydroxylation is 1. The first-order valence-corrected chi connectivity index (χ1v) is 8.14. The molecule has 20 heavy (non-hydrogen) atoms. The molecule has 0 heterocycles. The Labute approximate surface area is 122 Å². The number of ether oxygens (including phenoxy) is 1. The highest BCUT2D eigenvalue weighted by molar-refractivity contribution is 5.53. The molecule has 0 aromatic heterocycles. The number of benzene rings is 1. The Bertz CT molecular complexity index is 501. The molecular formula is C18H27NO. The van der Waals surface area contributed by atoms with Crippen LogP contribution in [0.2, 0.25) is 0 Å². The number of methoxy groups -OCH3 is 1. The third kappa shape index (κ3) is 2.24. The van der Waals surface area contributed by atoms with E-state index in [9.17, 15) is 0 Å². The van der Waals surface area contributed by atoms with Crippen LogP contribution < -0.4 is 10.5 Å². The smallest absolute Gasteiger partial charge is 0.124 e. The first kappa shape index (κ1) is 13.9. The molecule has 0 radical (unpaired) electrons. The van der Waals surface area contributed by atoms with Crippen LogP contribution in [0.4, 0.5) is 0 Å². The number of hydrogen-bond acceptors (Lipinski definition) is 2. The third-order valence-electron chi connectivity index (χ3n) is 5.35. The van der Waals surface area contributed by atoms with Gasteiger partial charge in [0.1, 0.15) is 5.75 Å². The van der Waals surface area contributed by atoms with Gasteiger partial charge in [-0.1, -0.05) is 19.3 Å². The summed E-state index contributed by atoms with van der Waals surface area (Å²) in [5.74, 6) is 1.03. The first-order chi connectivity index (χ1) is 9.65. The molecule has 2 N–H and O–H groups in total. The van der Waals surface area contributed by atoms with Gasteiger partial charge in [0.05, 0.1) is 7.11 Å². The molecule has 0 spiro atoms. The van der Waals surface area contributed by atoms with Crippen LogP contribution in [-0.2, 0) is 18.4 Å². The summed E-state index contributed by atoms with van der Waals surface area (Å²) in [7, 11) is 1.79. The van der Waals surface area contributed by atoms with E-state index in [-0.39, 0.29) is 5.54 Å². The van der Waals surface area contributed by atoms with E-state index in [1.807, 2.05) is 0 Å². The summed E-state index contributed by atoms with van der Waals surface area (Å²) >= 11 is 0. The van der Waals surface area contributed by atoms with Gasteiger partial charge in [0.15, 0.2) is 0 Å². The summed E-state index contributed by atoms with van der Waals surface area (Å²) in [6.07, 6.45) is 11.1. The molecule has 0 unspecified atom stereocenters. The molecule has 0 atom stereocenters. The lowest BCUT2D eigenvalue weighted by Gasteiger charge is -2.37. The molecule has 1 aromatic rings. The van der Waals surface area contributed by atoms with Crippen molar-refractivity contribution in [2.75, 3.05) is 7.11 Å². The predicted octanol–water partition coefficient (Wildman–Crippen LogP) is 4.00.